The van der Waals surface area contributed by atoms with Crippen LogP contribution in [0.5, 0.6) is 0 Å². The molecule has 2 nitrogen and oxygen atoms in total. The van der Waals surface area contributed by atoms with Crippen LogP contribution in [-0.2, 0) is 0 Å². The van der Waals surface area contributed by atoms with Gasteiger partial charge in [-0.05, 0) is 7.05 Å². The van der Waals surface area contributed by atoms with Crippen LogP contribution in [0.4, 0.5) is 0 Å². The number of rotatable bonds is 1. The molecule has 0 aromatic heterocycles. The minimum atomic E-state index is 0.347. The molecule has 0 aliphatic carbocycles. The second kappa shape index (κ2) is 15.7. The highest BCUT2D eigenvalue weighted by molar-refractivity contribution is 4.85. The number of hydrogen-bond donors (Lipinski definition) is 2. The van der Waals surface area contributed by atoms with Crippen molar-refractivity contribution in [3.05, 3.63) is 0 Å². The molecule has 0 unspecified atom stereocenters. The van der Waals surface area contributed by atoms with Crippen LogP contribution in [0.1, 0.15) is 0 Å². The van der Waals surface area contributed by atoms with Gasteiger partial charge < -0.3 is 11.1 Å². The van der Waals surface area contributed by atoms with Gasteiger partial charge in [0, 0.05) is 0 Å². The van der Waals surface area contributed by atoms with E-state index in [9.17, 15) is 0 Å². The third-order valence-corrected chi connectivity index (χ3v) is 0.397. The zero-order chi connectivity index (χ0) is 7.54. The van der Waals surface area contributed by atoms with Crippen LogP contribution in [0, 0.1) is 24.7 Å². The summed E-state index contributed by atoms with van der Waals surface area (Å²) in [4.78, 5) is 0. The molecule has 0 radical (unpaired) electrons. The van der Waals surface area contributed by atoms with Gasteiger partial charge in [0.2, 0.25) is 0 Å². The molecule has 0 saturated heterocycles. The van der Waals surface area contributed by atoms with Crippen molar-refractivity contribution < 1.29 is 0 Å². The first-order chi connectivity index (χ1) is 4.33. The molecule has 0 aliphatic rings. The van der Waals surface area contributed by atoms with E-state index in [4.69, 9.17) is 12.2 Å². The summed E-state index contributed by atoms with van der Waals surface area (Å²) in [5.41, 5.74) is 4.79. The van der Waals surface area contributed by atoms with Gasteiger partial charge in [-0.3, -0.25) is 0 Å². The van der Waals surface area contributed by atoms with Crippen molar-refractivity contribution in [2.24, 2.45) is 5.73 Å². The number of nitrogens with one attached hydrogen (secondary N) is 1. The molecule has 0 aromatic carbocycles. The number of terminal acetylenes is 2. The fourth-order valence-electron chi connectivity index (χ4n) is 0.102. The lowest BCUT2D eigenvalue weighted by molar-refractivity contribution is 0.939. The van der Waals surface area contributed by atoms with E-state index in [1.807, 2.05) is 7.05 Å². The van der Waals surface area contributed by atoms with Crippen molar-refractivity contribution in [2.45, 2.75) is 0 Å². The van der Waals surface area contributed by atoms with Gasteiger partial charge in [0.05, 0.1) is 13.1 Å². The Hall–Kier alpha value is -0.960. The Labute approximate surface area is 56.8 Å². The summed E-state index contributed by atoms with van der Waals surface area (Å²) in [6.07, 6.45) is 9.48. The van der Waals surface area contributed by atoms with E-state index in [-0.39, 0.29) is 0 Å². The maximum atomic E-state index is 4.83. The van der Waals surface area contributed by atoms with Crippen LogP contribution < -0.4 is 11.1 Å². The van der Waals surface area contributed by atoms with Crippen LogP contribution in [0.25, 0.3) is 0 Å². The highest BCUT2D eigenvalue weighted by Gasteiger charge is 1.56. The van der Waals surface area contributed by atoms with E-state index in [0.29, 0.717) is 13.1 Å². The van der Waals surface area contributed by atoms with Crippen molar-refractivity contribution >= 4 is 0 Å². The SMILES string of the molecule is C#CCN.C#CCNC. The largest absolute Gasteiger partial charge is 0.320 e. The Balaban J connectivity index is 0. The Morgan fingerprint density at radius 3 is 1.89 bits per heavy atom. The van der Waals surface area contributed by atoms with Crippen LogP contribution in [-0.4, -0.2) is 20.1 Å². The smallest absolute Gasteiger partial charge is 0.0571 e. The monoisotopic (exact) mass is 124 g/mol. The van der Waals surface area contributed by atoms with Crippen molar-refractivity contribution in [1.29, 1.82) is 0 Å². The second-order valence-electron chi connectivity index (χ2n) is 1.14. The average Bonchev–Trinajstić information content (AvgIpc) is 1.91. The molecule has 0 heterocycles. The number of nitrogens with two attached hydrogens (primary N) is 1. The quantitative estimate of drug-likeness (QED) is 0.459. The molecule has 0 fully saturated rings. The molecule has 0 amide bonds. The highest BCUT2D eigenvalue weighted by atomic mass is 14.8. The fourth-order valence-corrected chi connectivity index (χ4v) is 0.102. The summed E-state index contributed by atoms with van der Waals surface area (Å²) in [6, 6.07) is 0. The zero-order valence-corrected chi connectivity index (χ0v) is 5.65. The lowest BCUT2D eigenvalue weighted by Crippen LogP contribution is -2.03. The maximum absolute atomic E-state index is 4.83. The van der Waals surface area contributed by atoms with Gasteiger partial charge in [-0.1, -0.05) is 11.8 Å². The van der Waals surface area contributed by atoms with E-state index in [1.54, 1.807) is 0 Å². The van der Waals surface area contributed by atoms with Crippen LogP contribution in [0.2, 0.25) is 0 Å². The third-order valence-electron chi connectivity index (χ3n) is 0.397. The Morgan fingerprint density at radius 1 is 1.44 bits per heavy atom. The minimum Gasteiger partial charge on any atom is -0.320 e. The number of hydrogen-bond acceptors (Lipinski definition) is 2. The van der Waals surface area contributed by atoms with E-state index in [1.165, 1.54) is 0 Å². The molecular weight excluding hydrogens is 112 g/mol. The minimum absolute atomic E-state index is 0.347. The van der Waals surface area contributed by atoms with Crippen molar-refractivity contribution in [1.82, 2.24) is 5.32 Å². The lowest BCUT2D eigenvalue weighted by Gasteiger charge is -1.76. The molecule has 9 heavy (non-hydrogen) atoms. The topological polar surface area (TPSA) is 38.0 Å². The lowest BCUT2D eigenvalue weighted by atomic mass is 10.7. The first kappa shape index (κ1) is 10.9. The third kappa shape index (κ3) is 43.0. The van der Waals surface area contributed by atoms with E-state index in [0.717, 1.165) is 0 Å². The summed E-state index contributed by atoms with van der Waals surface area (Å²) in [7, 11) is 1.82. The fraction of sp³-hybridized carbons (Fsp3) is 0.429. The molecule has 3 N–H and O–H groups in total. The van der Waals surface area contributed by atoms with Gasteiger partial charge in [-0.2, -0.15) is 0 Å². The van der Waals surface area contributed by atoms with Crippen molar-refractivity contribution in [2.75, 3.05) is 20.1 Å². The van der Waals surface area contributed by atoms with Gasteiger partial charge in [0.1, 0.15) is 0 Å². The Morgan fingerprint density at radius 2 is 1.89 bits per heavy atom. The van der Waals surface area contributed by atoms with Crippen LogP contribution >= 0.6 is 0 Å². The van der Waals surface area contributed by atoms with E-state index >= 15 is 0 Å². The first-order valence-electron chi connectivity index (χ1n) is 2.55. The molecule has 0 atom stereocenters. The molecular formula is C7H12N2. The molecule has 0 spiro atoms. The zero-order valence-electron chi connectivity index (χ0n) is 5.65. The van der Waals surface area contributed by atoms with Gasteiger partial charge in [0.25, 0.3) is 0 Å². The summed E-state index contributed by atoms with van der Waals surface area (Å²) in [5, 5.41) is 2.78. The molecule has 2 heteroatoms. The van der Waals surface area contributed by atoms with Crippen LogP contribution in [0.15, 0.2) is 0 Å². The highest BCUT2D eigenvalue weighted by Crippen LogP contribution is 1.37. The first-order valence-corrected chi connectivity index (χ1v) is 2.55. The van der Waals surface area contributed by atoms with Gasteiger partial charge in [-0.15, -0.1) is 12.8 Å². The van der Waals surface area contributed by atoms with Gasteiger partial charge in [-0.25, -0.2) is 0 Å². The molecule has 0 aliphatic heterocycles. The van der Waals surface area contributed by atoms with Gasteiger partial charge in [0.15, 0.2) is 0 Å². The second-order valence-corrected chi connectivity index (χ2v) is 1.14. The van der Waals surface area contributed by atoms with Crippen molar-refractivity contribution in [3.8, 4) is 24.7 Å². The normalized spacial score (nSPS) is 5.78. The standard InChI is InChI=1S/C4H7N.C3H5N/c1-3-4-5-2;1-2-3-4/h1,5H,4H2,2H3;1H,3-4H2. The van der Waals surface area contributed by atoms with Crippen LogP contribution in [0.3, 0.4) is 0 Å². The van der Waals surface area contributed by atoms with E-state index in [2.05, 4.69) is 23.6 Å². The predicted octanol–water partition coefficient (Wildman–Crippen LogP) is -0.583. The summed E-state index contributed by atoms with van der Waals surface area (Å²) in [5.74, 6) is 4.61. The summed E-state index contributed by atoms with van der Waals surface area (Å²) in [6.45, 7) is 1.01. The predicted molar refractivity (Wildman–Crippen MR) is 40.6 cm³/mol. The summed E-state index contributed by atoms with van der Waals surface area (Å²) < 4.78 is 0. The van der Waals surface area contributed by atoms with Crippen molar-refractivity contribution in [3.63, 3.8) is 0 Å². The average molecular weight is 124 g/mol. The Bertz CT molecular complexity index is 105. The molecule has 0 saturated carbocycles. The summed E-state index contributed by atoms with van der Waals surface area (Å²) >= 11 is 0. The molecule has 50 valence electrons. The van der Waals surface area contributed by atoms with E-state index < -0.39 is 0 Å². The molecule has 0 aromatic rings. The van der Waals surface area contributed by atoms with Gasteiger partial charge >= 0.3 is 0 Å². The Kier molecular flexibility index (Phi) is 19.1. The maximum Gasteiger partial charge on any atom is 0.0571 e. The molecule has 0 bridgehead atoms. The molecule has 0 rings (SSSR count).